The Morgan fingerprint density at radius 2 is 2.14 bits per heavy atom. The number of tetrazole rings is 1. The number of aromatic nitrogens is 7. The van der Waals surface area contributed by atoms with Gasteiger partial charge in [-0.05, 0) is 54.5 Å². The van der Waals surface area contributed by atoms with Crippen molar-refractivity contribution in [3.8, 4) is 0 Å². The second-order valence-electron chi connectivity index (χ2n) is 7.67. The average Bonchev–Trinajstić information content (AvgIpc) is 3.43. The lowest BCUT2D eigenvalue weighted by atomic mass is 9.90. The molecule has 28 heavy (non-hydrogen) atoms. The van der Waals surface area contributed by atoms with Gasteiger partial charge in [0.2, 0.25) is 5.65 Å². The molecule has 2 fully saturated rings. The number of nitrogens with zero attached hydrogens (tertiary/aromatic N) is 7. The molecule has 10 nitrogen and oxygen atoms in total. The Kier molecular flexibility index (Phi) is 4.18. The highest BCUT2D eigenvalue weighted by Gasteiger charge is 2.42. The summed E-state index contributed by atoms with van der Waals surface area (Å²) in [6.45, 7) is 2.71. The Morgan fingerprint density at radius 1 is 1.32 bits per heavy atom. The van der Waals surface area contributed by atoms with Crippen molar-refractivity contribution in [2.45, 2.75) is 51.1 Å². The van der Waals surface area contributed by atoms with Crippen LogP contribution >= 0.6 is 0 Å². The number of carbonyl (C=O) groups is 1. The fourth-order valence-electron chi connectivity index (χ4n) is 4.64. The van der Waals surface area contributed by atoms with Crippen molar-refractivity contribution in [3.63, 3.8) is 0 Å². The molecular formula is C18H23N9O. The number of hydrogen-bond acceptors (Lipinski definition) is 7. The third kappa shape index (κ3) is 2.88. The lowest BCUT2D eigenvalue weighted by Gasteiger charge is -2.39. The highest BCUT2D eigenvalue weighted by Crippen LogP contribution is 2.41. The van der Waals surface area contributed by atoms with Crippen molar-refractivity contribution in [2.75, 3.05) is 11.4 Å². The van der Waals surface area contributed by atoms with Gasteiger partial charge in [-0.1, -0.05) is 6.92 Å². The number of piperidine rings is 1. The van der Waals surface area contributed by atoms with Crippen molar-refractivity contribution in [1.82, 2.24) is 40.5 Å². The standard InChI is InChI=1S/C18H23N9O/c1-2-12-9-15(22-21-12)18(28)20-10-11-7-13-3-4-14(8-11)27(13)16-17-23-24-25-26(17)6-5-19-16/h5-6,9,11,13-14H,2-4,7-8,10H2,1H3,(H,20,28)(H,21,22)/t11?,13-,14+. The van der Waals surface area contributed by atoms with Gasteiger partial charge in [-0.2, -0.15) is 9.61 Å². The molecule has 10 heteroatoms. The minimum Gasteiger partial charge on any atom is -0.350 e. The molecule has 146 valence electrons. The van der Waals surface area contributed by atoms with Crippen LogP contribution in [-0.2, 0) is 6.42 Å². The highest BCUT2D eigenvalue weighted by atomic mass is 16.1. The molecule has 1 unspecified atom stereocenters. The minimum atomic E-state index is -0.105. The van der Waals surface area contributed by atoms with E-state index in [2.05, 4.69) is 40.9 Å². The van der Waals surface area contributed by atoms with Crippen molar-refractivity contribution in [3.05, 3.63) is 29.8 Å². The van der Waals surface area contributed by atoms with E-state index in [0.717, 1.165) is 43.6 Å². The molecule has 0 aromatic carbocycles. The molecule has 2 aliphatic rings. The van der Waals surface area contributed by atoms with E-state index in [-0.39, 0.29) is 5.91 Å². The predicted octanol–water partition coefficient (Wildman–Crippen LogP) is 0.982. The summed E-state index contributed by atoms with van der Waals surface area (Å²) in [7, 11) is 0. The van der Waals surface area contributed by atoms with E-state index in [1.54, 1.807) is 16.9 Å². The van der Waals surface area contributed by atoms with Crippen LogP contribution in [0.15, 0.2) is 18.5 Å². The molecule has 3 aromatic heterocycles. The average molecular weight is 381 g/mol. The molecule has 3 aromatic rings. The van der Waals surface area contributed by atoms with Crippen LogP contribution in [0.5, 0.6) is 0 Å². The summed E-state index contributed by atoms with van der Waals surface area (Å²) in [6.07, 6.45) is 8.69. The van der Waals surface area contributed by atoms with Crippen LogP contribution in [0.1, 0.15) is 48.8 Å². The molecule has 0 saturated carbocycles. The smallest absolute Gasteiger partial charge is 0.271 e. The normalized spacial score (nSPS) is 24.0. The van der Waals surface area contributed by atoms with Crippen molar-refractivity contribution in [1.29, 1.82) is 0 Å². The first-order valence-corrected chi connectivity index (χ1v) is 9.86. The van der Waals surface area contributed by atoms with E-state index in [9.17, 15) is 4.79 Å². The monoisotopic (exact) mass is 381 g/mol. The van der Waals surface area contributed by atoms with Crippen LogP contribution in [-0.4, -0.2) is 59.8 Å². The van der Waals surface area contributed by atoms with Crippen LogP contribution in [0.2, 0.25) is 0 Å². The van der Waals surface area contributed by atoms with Crippen molar-refractivity contribution < 1.29 is 4.79 Å². The Bertz CT molecular complexity index is 982. The molecular weight excluding hydrogens is 358 g/mol. The second-order valence-corrected chi connectivity index (χ2v) is 7.67. The zero-order chi connectivity index (χ0) is 19.1. The van der Waals surface area contributed by atoms with E-state index in [4.69, 9.17) is 0 Å². The Balaban J connectivity index is 1.26. The van der Waals surface area contributed by atoms with E-state index < -0.39 is 0 Å². The van der Waals surface area contributed by atoms with Crippen LogP contribution in [0.25, 0.3) is 5.65 Å². The summed E-state index contributed by atoms with van der Waals surface area (Å²) in [4.78, 5) is 19.3. The number of rotatable bonds is 5. The fourth-order valence-corrected chi connectivity index (χ4v) is 4.64. The van der Waals surface area contributed by atoms with Gasteiger partial charge < -0.3 is 10.2 Å². The number of hydrogen-bond donors (Lipinski definition) is 2. The van der Waals surface area contributed by atoms with Crippen molar-refractivity contribution in [2.24, 2.45) is 5.92 Å². The lowest BCUT2D eigenvalue weighted by Crippen LogP contribution is -2.46. The SMILES string of the molecule is CCc1cc(C(=O)NCC2C[C@H]3CC[C@@H](C2)N3c2nccn3nnnc23)n[nH]1. The Labute approximate surface area is 161 Å². The van der Waals surface area contributed by atoms with Crippen molar-refractivity contribution >= 4 is 17.4 Å². The third-order valence-electron chi connectivity index (χ3n) is 5.97. The minimum absolute atomic E-state index is 0.105. The summed E-state index contributed by atoms with van der Waals surface area (Å²) in [5, 5.41) is 21.9. The fraction of sp³-hybridized carbons (Fsp3) is 0.556. The van der Waals surface area contributed by atoms with Crippen LogP contribution in [0.3, 0.4) is 0 Å². The topological polar surface area (TPSA) is 117 Å². The first-order valence-electron chi connectivity index (χ1n) is 9.86. The second kappa shape index (κ2) is 6.84. The van der Waals surface area contributed by atoms with Gasteiger partial charge in [0, 0.05) is 30.5 Å². The van der Waals surface area contributed by atoms with Crippen LogP contribution in [0, 0.1) is 5.92 Å². The molecule has 5 heterocycles. The molecule has 2 bridgehead atoms. The largest absolute Gasteiger partial charge is 0.350 e. The van der Waals surface area contributed by atoms with E-state index in [1.807, 2.05) is 13.0 Å². The van der Waals surface area contributed by atoms with Gasteiger partial charge >= 0.3 is 0 Å². The maximum absolute atomic E-state index is 12.4. The summed E-state index contributed by atoms with van der Waals surface area (Å²) >= 11 is 0. The highest BCUT2D eigenvalue weighted by molar-refractivity contribution is 5.92. The zero-order valence-corrected chi connectivity index (χ0v) is 15.7. The molecule has 1 amide bonds. The summed E-state index contributed by atoms with van der Waals surface area (Å²) < 4.78 is 1.67. The van der Waals surface area contributed by atoms with Crippen LogP contribution in [0.4, 0.5) is 5.82 Å². The maximum Gasteiger partial charge on any atom is 0.271 e. The van der Waals surface area contributed by atoms with E-state index >= 15 is 0 Å². The first-order chi connectivity index (χ1) is 13.7. The molecule has 0 radical (unpaired) electrons. The van der Waals surface area contributed by atoms with Gasteiger partial charge in [-0.25, -0.2) is 4.98 Å². The maximum atomic E-state index is 12.4. The summed E-state index contributed by atoms with van der Waals surface area (Å²) in [6, 6.07) is 2.64. The molecule has 2 N–H and O–H groups in total. The lowest BCUT2D eigenvalue weighted by molar-refractivity contribution is 0.0938. The number of H-pyrrole nitrogens is 1. The van der Waals surface area contributed by atoms with Crippen LogP contribution < -0.4 is 10.2 Å². The number of fused-ring (bicyclic) bond motifs is 3. The van der Waals surface area contributed by atoms with E-state index in [1.165, 1.54) is 0 Å². The molecule has 5 rings (SSSR count). The number of aromatic amines is 1. The van der Waals surface area contributed by atoms with E-state index in [0.29, 0.717) is 35.9 Å². The summed E-state index contributed by atoms with van der Waals surface area (Å²) in [5.74, 6) is 1.22. The summed E-state index contributed by atoms with van der Waals surface area (Å²) in [5.41, 5.74) is 2.14. The molecule has 2 saturated heterocycles. The molecule has 0 spiro atoms. The van der Waals surface area contributed by atoms with Gasteiger partial charge in [-0.3, -0.25) is 9.89 Å². The number of carbonyl (C=O) groups excluding carboxylic acids is 1. The Hall–Kier alpha value is -3.04. The van der Waals surface area contributed by atoms with Gasteiger partial charge in [0.15, 0.2) is 5.82 Å². The van der Waals surface area contributed by atoms with Gasteiger partial charge in [-0.15, -0.1) is 5.10 Å². The van der Waals surface area contributed by atoms with Gasteiger partial charge in [0.1, 0.15) is 5.69 Å². The molecule has 0 aliphatic carbocycles. The molecule has 2 aliphatic heterocycles. The number of amides is 1. The number of aryl methyl sites for hydroxylation is 1. The van der Waals surface area contributed by atoms with Gasteiger partial charge in [0.05, 0.1) is 6.20 Å². The third-order valence-corrected chi connectivity index (χ3v) is 5.97. The Morgan fingerprint density at radius 3 is 2.89 bits per heavy atom. The van der Waals surface area contributed by atoms with Gasteiger partial charge in [0.25, 0.3) is 5.91 Å². The number of nitrogens with one attached hydrogen (secondary N) is 2. The number of anilines is 1. The molecule has 3 atom stereocenters. The quantitative estimate of drug-likeness (QED) is 0.676. The predicted molar refractivity (Wildman–Crippen MR) is 101 cm³/mol. The first kappa shape index (κ1) is 17.1. The zero-order valence-electron chi connectivity index (χ0n) is 15.7.